The van der Waals surface area contributed by atoms with Gasteiger partial charge < -0.3 is 10.3 Å². The number of thioether (sulfide) groups is 1. The molecule has 1 fully saturated rings. The van der Waals surface area contributed by atoms with Gasteiger partial charge in [-0.05, 0) is 43.4 Å². The van der Waals surface area contributed by atoms with Crippen molar-refractivity contribution in [1.29, 1.82) is 0 Å². The molecule has 3 heteroatoms. The lowest BCUT2D eigenvalue weighted by Crippen LogP contribution is -2.44. The monoisotopic (exact) mass is 302 g/mol. The summed E-state index contributed by atoms with van der Waals surface area (Å²) in [6.45, 7) is 8.10. The number of H-pyrrole nitrogens is 1. The number of nitrogens with one attached hydrogen (secondary N) is 2. The Kier molecular flexibility index (Phi) is 4.32. The number of hydrogen-bond donors (Lipinski definition) is 2. The summed E-state index contributed by atoms with van der Waals surface area (Å²) in [6, 6.07) is 11.5. The van der Waals surface area contributed by atoms with E-state index in [1.165, 1.54) is 35.2 Å². The molecule has 0 aliphatic heterocycles. The Morgan fingerprint density at radius 1 is 1.33 bits per heavy atom. The summed E-state index contributed by atoms with van der Waals surface area (Å²) in [4.78, 5) is 3.57. The molecule has 0 bridgehead atoms. The van der Waals surface area contributed by atoms with Gasteiger partial charge in [0.1, 0.15) is 0 Å². The second-order valence-electron chi connectivity index (χ2n) is 6.95. The summed E-state index contributed by atoms with van der Waals surface area (Å²) in [5.41, 5.74) is 1.71. The molecule has 1 aliphatic carbocycles. The number of para-hydroxylation sites is 1. The summed E-state index contributed by atoms with van der Waals surface area (Å²) in [5, 5.41) is 6.97. The second-order valence-corrected chi connectivity index (χ2v) is 8.23. The quantitative estimate of drug-likeness (QED) is 0.847. The van der Waals surface area contributed by atoms with Crippen LogP contribution in [-0.4, -0.2) is 22.8 Å². The molecule has 114 valence electrons. The first kappa shape index (κ1) is 15.0. The third-order valence-electron chi connectivity index (χ3n) is 4.58. The Bertz CT molecular complexity index is 569. The molecule has 1 heterocycles. The van der Waals surface area contributed by atoms with Crippen molar-refractivity contribution in [1.82, 2.24) is 10.3 Å². The van der Waals surface area contributed by atoms with Crippen molar-refractivity contribution < 1.29 is 0 Å². The minimum atomic E-state index is 0.468. The van der Waals surface area contributed by atoms with E-state index in [1.807, 2.05) is 11.8 Å². The van der Waals surface area contributed by atoms with E-state index >= 15 is 0 Å². The van der Waals surface area contributed by atoms with Gasteiger partial charge in [-0.3, -0.25) is 0 Å². The molecule has 1 aliphatic rings. The van der Waals surface area contributed by atoms with E-state index in [0.29, 0.717) is 16.7 Å². The zero-order chi connectivity index (χ0) is 14.9. The molecule has 0 radical (unpaired) electrons. The van der Waals surface area contributed by atoms with E-state index in [1.54, 1.807) is 0 Å². The summed E-state index contributed by atoms with van der Waals surface area (Å²) < 4.78 is 0. The molecular weight excluding hydrogens is 276 g/mol. The van der Waals surface area contributed by atoms with Gasteiger partial charge in [0.25, 0.3) is 0 Å². The van der Waals surface area contributed by atoms with E-state index in [4.69, 9.17) is 0 Å². The maximum absolute atomic E-state index is 3.69. The SMILES string of the molecule is CCNC1CCC(C)(C)CC1Sc1cc2ccccc2[nH]1. The molecule has 2 N–H and O–H groups in total. The fourth-order valence-electron chi connectivity index (χ4n) is 3.41. The topological polar surface area (TPSA) is 27.8 Å². The van der Waals surface area contributed by atoms with Gasteiger partial charge in [0, 0.05) is 22.2 Å². The predicted molar refractivity (Wildman–Crippen MR) is 93.0 cm³/mol. The van der Waals surface area contributed by atoms with Crippen LogP contribution in [0.2, 0.25) is 0 Å². The lowest BCUT2D eigenvalue weighted by molar-refractivity contribution is 0.215. The molecule has 2 aromatic rings. The first-order chi connectivity index (χ1) is 10.1. The number of rotatable bonds is 4. The predicted octanol–water partition coefficient (Wildman–Crippen LogP) is 4.82. The van der Waals surface area contributed by atoms with Crippen LogP contribution in [0.1, 0.15) is 40.0 Å². The summed E-state index contributed by atoms with van der Waals surface area (Å²) >= 11 is 2.02. The lowest BCUT2D eigenvalue weighted by Gasteiger charge is -2.40. The molecule has 1 aromatic carbocycles. The van der Waals surface area contributed by atoms with Crippen molar-refractivity contribution in [3.05, 3.63) is 30.3 Å². The van der Waals surface area contributed by atoms with E-state index in [2.05, 4.69) is 61.4 Å². The fraction of sp³-hybridized carbons (Fsp3) is 0.556. The first-order valence-electron chi connectivity index (χ1n) is 8.05. The Morgan fingerprint density at radius 3 is 2.90 bits per heavy atom. The average molecular weight is 302 g/mol. The molecule has 0 spiro atoms. The molecular formula is C18H26N2S. The van der Waals surface area contributed by atoms with Gasteiger partial charge in [-0.25, -0.2) is 0 Å². The molecule has 1 saturated carbocycles. The first-order valence-corrected chi connectivity index (χ1v) is 8.93. The molecule has 0 saturated heterocycles. The van der Waals surface area contributed by atoms with Crippen molar-refractivity contribution in [2.45, 2.75) is 56.4 Å². The van der Waals surface area contributed by atoms with Crippen molar-refractivity contribution in [2.24, 2.45) is 5.41 Å². The molecule has 2 unspecified atom stereocenters. The van der Waals surface area contributed by atoms with Gasteiger partial charge in [0.2, 0.25) is 0 Å². The third kappa shape index (κ3) is 3.46. The second kappa shape index (κ2) is 6.05. The summed E-state index contributed by atoms with van der Waals surface area (Å²) in [6.07, 6.45) is 3.90. The Hall–Kier alpha value is -0.930. The van der Waals surface area contributed by atoms with Crippen LogP contribution in [0.4, 0.5) is 0 Å². The highest BCUT2D eigenvalue weighted by atomic mass is 32.2. The number of hydrogen-bond acceptors (Lipinski definition) is 2. The van der Waals surface area contributed by atoms with Gasteiger partial charge >= 0.3 is 0 Å². The molecule has 21 heavy (non-hydrogen) atoms. The zero-order valence-electron chi connectivity index (χ0n) is 13.3. The molecule has 3 rings (SSSR count). The zero-order valence-corrected chi connectivity index (χ0v) is 14.1. The summed E-state index contributed by atoms with van der Waals surface area (Å²) in [5.74, 6) is 0. The molecule has 2 nitrogen and oxygen atoms in total. The molecule has 2 atom stereocenters. The molecule has 1 aromatic heterocycles. The van der Waals surface area contributed by atoms with Crippen LogP contribution < -0.4 is 5.32 Å². The highest BCUT2D eigenvalue weighted by Crippen LogP contribution is 2.42. The Labute approximate surface area is 132 Å². The normalized spacial score (nSPS) is 25.3. The Morgan fingerprint density at radius 2 is 2.14 bits per heavy atom. The number of benzene rings is 1. The molecule has 0 amide bonds. The van der Waals surface area contributed by atoms with E-state index < -0.39 is 0 Å². The van der Waals surface area contributed by atoms with Gasteiger partial charge in [0.15, 0.2) is 0 Å². The number of aromatic nitrogens is 1. The number of fused-ring (bicyclic) bond motifs is 1. The fourth-order valence-corrected chi connectivity index (χ4v) is 5.04. The van der Waals surface area contributed by atoms with Crippen LogP contribution in [0.25, 0.3) is 10.9 Å². The van der Waals surface area contributed by atoms with Crippen LogP contribution in [0.3, 0.4) is 0 Å². The third-order valence-corrected chi connectivity index (χ3v) is 5.86. The van der Waals surface area contributed by atoms with E-state index in [0.717, 1.165) is 6.54 Å². The van der Waals surface area contributed by atoms with Crippen molar-refractivity contribution in [3.63, 3.8) is 0 Å². The van der Waals surface area contributed by atoms with Gasteiger partial charge in [-0.1, -0.05) is 39.0 Å². The standard InChI is InChI=1S/C18H26N2S/c1-4-19-15-9-10-18(2,3)12-16(15)21-17-11-13-7-5-6-8-14(13)20-17/h5-8,11,15-16,19-20H,4,9-10,12H2,1-3H3. The van der Waals surface area contributed by atoms with Crippen molar-refractivity contribution in [2.75, 3.05) is 6.54 Å². The van der Waals surface area contributed by atoms with Gasteiger partial charge in [-0.2, -0.15) is 0 Å². The highest BCUT2D eigenvalue weighted by Gasteiger charge is 2.35. The van der Waals surface area contributed by atoms with Crippen LogP contribution in [0, 0.1) is 5.41 Å². The Balaban J connectivity index is 1.79. The van der Waals surface area contributed by atoms with Crippen molar-refractivity contribution in [3.8, 4) is 0 Å². The van der Waals surface area contributed by atoms with Crippen LogP contribution in [0.5, 0.6) is 0 Å². The average Bonchev–Trinajstić information content (AvgIpc) is 2.83. The lowest BCUT2D eigenvalue weighted by atomic mass is 9.75. The van der Waals surface area contributed by atoms with Gasteiger partial charge in [-0.15, -0.1) is 11.8 Å². The highest BCUT2D eigenvalue weighted by molar-refractivity contribution is 7.99. The minimum absolute atomic E-state index is 0.468. The minimum Gasteiger partial charge on any atom is -0.350 e. The van der Waals surface area contributed by atoms with E-state index in [9.17, 15) is 0 Å². The van der Waals surface area contributed by atoms with Crippen molar-refractivity contribution >= 4 is 22.7 Å². The van der Waals surface area contributed by atoms with Crippen LogP contribution in [-0.2, 0) is 0 Å². The summed E-state index contributed by atoms with van der Waals surface area (Å²) in [7, 11) is 0. The largest absolute Gasteiger partial charge is 0.350 e. The van der Waals surface area contributed by atoms with Crippen LogP contribution >= 0.6 is 11.8 Å². The smallest absolute Gasteiger partial charge is 0.0735 e. The van der Waals surface area contributed by atoms with E-state index in [-0.39, 0.29) is 0 Å². The van der Waals surface area contributed by atoms with Gasteiger partial charge in [0.05, 0.1) is 5.03 Å². The van der Waals surface area contributed by atoms with Crippen LogP contribution in [0.15, 0.2) is 35.4 Å². The maximum Gasteiger partial charge on any atom is 0.0735 e. The maximum atomic E-state index is 3.69. The number of aromatic amines is 1.